The van der Waals surface area contributed by atoms with Crippen LogP contribution >= 0.6 is 15.9 Å². The zero-order chi connectivity index (χ0) is 13.7. The maximum absolute atomic E-state index is 11.9. The molecule has 0 heterocycles. The molecule has 3 N–H and O–H groups in total. The van der Waals surface area contributed by atoms with E-state index in [9.17, 15) is 4.79 Å². The van der Waals surface area contributed by atoms with E-state index in [4.69, 9.17) is 5.73 Å². The van der Waals surface area contributed by atoms with Gasteiger partial charge in [-0.3, -0.25) is 4.79 Å². The summed E-state index contributed by atoms with van der Waals surface area (Å²) in [6.07, 6.45) is 2.77. The molecule has 1 aromatic carbocycles. The number of amides is 1. The van der Waals surface area contributed by atoms with Crippen molar-refractivity contribution in [1.82, 2.24) is 0 Å². The molecule has 1 rings (SSSR count). The Kier molecular flexibility index (Phi) is 5.82. The van der Waals surface area contributed by atoms with Gasteiger partial charge in [0.2, 0.25) is 5.91 Å². The molecule has 0 fully saturated rings. The molecule has 18 heavy (non-hydrogen) atoms. The van der Waals surface area contributed by atoms with Crippen molar-refractivity contribution < 1.29 is 4.79 Å². The lowest BCUT2D eigenvalue weighted by Gasteiger charge is -2.13. The van der Waals surface area contributed by atoms with Crippen molar-refractivity contribution in [2.45, 2.75) is 46.1 Å². The van der Waals surface area contributed by atoms with E-state index in [1.165, 1.54) is 0 Å². The second-order valence-electron chi connectivity index (χ2n) is 4.66. The molecule has 1 atom stereocenters. The fraction of sp³-hybridized carbons (Fsp3) is 0.500. The molecule has 100 valence electrons. The fourth-order valence-electron chi connectivity index (χ4n) is 1.81. The molecule has 0 saturated heterocycles. The topological polar surface area (TPSA) is 55.1 Å². The largest absolute Gasteiger partial charge is 0.325 e. The van der Waals surface area contributed by atoms with Gasteiger partial charge in [0.25, 0.3) is 0 Å². The van der Waals surface area contributed by atoms with Gasteiger partial charge < -0.3 is 11.1 Å². The predicted molar refractivity (Wildman–Crippen MR) is 79.7 cm³/mol. The van der Waals surface area contributed by atoms with Crippen LogP contribution in [-0.4, -0.2) is 11.9 Å². The first-order valence-corrected chi connectivity index (χ1v) is 7.08. The molecule has 0 radical (unpaired) electrons. The Bertz CT molecular complexity index is 409. The highest BCUT2D eigenvalue weighted by atomic mass is 79.9. The Morgan fingerprint density at radius 3 is 2.44 bits per heavy atom. The quantitative estimate of drug-likeness (QED) is 0.874. The first-order chi connectivity index (χ1) is 8.45. The number of carbonyl (C=O) groups excluding carboxylic acids is 1. The Morgan fingerprint density at radius 2 is 1.94 bits per heavy atom. The van der Waals surface area contributed by atoms with Crippen LogP contribution in [0.4, 0.5) is 5.69 Å². The van der Waals surface area contributed by atoms with E-state index in [1.807, 2.05) is 26.0 Å². The number of nitrogens with one attached hydrogen (secondary N) is 1. The summed E-state index contributed by atoms with van der Waals surface area (Å²) in [6.45, 7) is 6.10. The van der Waals surface area contributed by atoms with Gasteiger partial charge >= 0.3 is 0 Å². The summed E-state index contributed by atoms with van der Waals surface area (Å²) in [6, 6.07) is 3.47. The summed E-state index contributed by atoms with van der Waals surface area (Å²) >= 11 is 3.51. The van der Waals surface area contributed by atoms with Crippen LogP contribution in [0.25, 0.3) is 0 Å². The number of nitrogens with two attached hydrogens (primary N) is 1. The second-order valence-corrected chi connectivity index (χ2v) is 5.45. The Hall–Kier alpha value is -0.870. The van der Waals surface area contributed by atoms with Crippen LogP contribution < -0.4 is 11.1 Å². The first kappa shape index (κ1) is 15.2. The molecular weight excluding hydrogens is 292 g/mol. The summed E-state index contributed by atoms with van der Waals surface area (Å²) in [5.41, 5.74) is 8.85. The Balaban J connectivity index is 2.70. The van der Waals surface area contributed by atoms with E-state index in [0.717, 1.165) is 40.5 Å². The normalized spacial score (nSPS) is 12.3. The van der Waals surface area contributed by atoms with Gasteiger partial charge in [-0.05, 0) is 43.5 Å². The van der Waals surface area contributed by atoms with E-state index in [-0.39, 0.29) is 5.91 Å². The number of rotatable bonds is 5. The van der Waals surface area contributed by atoms with Gasteiger partial charge in [-0.25, -0.2) is 0 Å². The first-order valence-electron chi connectivity index (χ1n) is 6.29. The highest BCUT2D eigenvalue weighted by Crippen LogP contribution is 2.25. The maximum Gasteiger partial charge on any atom is 0.241 e. The zero-order valence-electron chi connectivity index (χ0n) is 11.2. The van der Waals surface area contributed by atoms with Crippen LogP contribution in [0.1, 0.15) is 37.3 Å². The number of carbonyl (C=O) groups is 1. The minimum Gasteiger partial charge on any atom is -0.325 e. The second kappa shape index (κ2) is 6.90. The van der Waals surface area contributed by atoms with Gasteiger partial charge in [-0.1, -0.05) is 35.7 Å². The van der Waals surface area contributed by atoms with Gasteiger partial charge in [0.05, 0.1) is 6.04 Å². The third-order valence-corrected chi connectivity index (χ3v) is 4.16. The van der Waals surface area contributed by atoms with Crippen molar-refractivity contribution in [2.75, 3.05) is 5.32 Å². The van der Waals surface area contributed by atoms with Gasteiger partial charge in [-0.15, -0.1) is 0 Å². The van der Waals surface area contributed by atoms with Crippen LogP contribution in [0.3, 0.4) is 0 Å². The van der Waals surface area contributed by atoms with Crippen molar-refractivity contribution in [3.8, 4) is 0 Å². The maximum atomic E-state index is 11.9. The van der Waals surface area contributed by atoms with E-state index in [2.05, 4.69) is 28.2 Å². The standard InChI is InChI=1S/C14H21BrN2O/c1-4-5-6-12(16)14(18)17-11-7-9(2)13(15)10(3)8-11/h7-8,12H,4-6,16H2,1-3H3,(H,17,18)/t12-/m0/s1. The molecule has 3 nitrogen and oxygen atoms in total. The molecular formula is C14H21BrN2O. The Labute approximate surface area is 117 Å². The Morgan fingerprint density at radius 1 is 1.39 bits per heavy atom. The molecule has 4 heteroatoms. The van der Waals surface area contributed by atoms with E-state index >= 15 is 0 Å². The molecule has 0 aliphatic carbocycles. The minimum atomic E-state index is -0.422. The van der Waals surface area contributed by atoms with Crippen molar-refractivity contribution >= 4 is 27.5 Å². The molecule has 0 aliphatic rings. The SMILES string of the molecule is CCCC[C@H](N)C(=O)Nc1cc(C)c(Br)c(C)c1. The summed E-state index contributed by atoms with van der Waals surface area (Å²) in [5.74, 6) is -0.107. The molecule has 0 aliphatic heterocycles. The lowest BCUT2D eigenvalue weighted by atomic mass is 10.1. The van der Waals surface area contributed by atoms with Crippen LogP contribution in [0, 0.1) is 13.8 Å². The lowest BCUT2D eigenvalue weighted by molar-refractivity contribution is -0.117. The average Bonchev–Trinajstić information content (AvgIpc) is 2.32. The summed E-state index contributed by atoms with van der Waals surface area (Å²) in [7, 11) is 0. The fourth-order valence-corrected chi connectivity index (χ4v) is 2.04. The number of halogens is 1. The molecule has 1 amide bonds. The van der Waals surface area contributed by atoms with Gasteiger partial charge in [0.15, 0.2) is 0 Å². The van der Waals surface area contributed by atoms with E-state index in [1.54, 1.807) is 0 Å². The number of unbranched alkanes of at least 4 members (excludes halogenated alkanes) is 1. The molecule has 0 spiro atoms. The van der Waals surface area contributed by atoms with Gasteiger partial charge in [0, 0.05) is 10.2 Å². The van der Waals surface area contributed by atoms with Crippen LogP contribution in [0.15, 0.2) is 16.6 Å². The predicted octanol–water partition coefficient (Wildman–Crippen LogP) is 3.52. The van der Waals surface area contributed by atoms with Crippen LogP contribution in [0.5, 0.6) is 0 Å². The molecule has 0 saturated carbocycles. The summed E-state index contributed by atoms with van der Waals surface area (Å²) < 4.78 is 1.08. The third kappa shape index (κ3) is 4.10. The summed E-state index contributed by atoms with van der Waals surface area (Å²) in [5, 5.41) is 2.87. The van der Waals surface area contributed by atoms with Gasteiger partial charge in [0.1, 0.15) is 0 Å². The molecule has 0 unspecified atom stereocenters. The monoisotopic (exact) mass is 312 g/mol. The minimum absolute atomic E-state index is 0.107. The number of benzene rings is 1. The van der Waals surface area contributed by atoms with Crippen molar-refractivity contribution in [1.29, 1.82) is 0 Å². The number of anilines is 1. The highest BCUT2D eigenvalue weighted by molar-refractivity contribution is 9.10. The van der Waals surface area contributed by atoms with Crippen molar-refractivity contribution in [3.05, 3.63) is 27.7 Å². The highest BCUT2D eigenvalue weighted by Gasteiger charge is 2.13. The van der Waals surface area contributed by atoms with Crippen molar-refractivity contribution in [3.63, 3.8) is 0 Å². The molecule has 0 bridgehead atoms. The average molecular weight is 313 g/mol. The van der Waals surface area contributed by atoms with Crippen LogP contribution in [-0.2, 0) is 4.79 Å². The lowest BCUT2D eigenvalue weighted by Crippen LogP contribution is -2.35. The smallest absolute Gasteiger partial charge is 0.241 e. The van der Waals surface area contributed by atoms with Crippen LogP contribution in [0.2, 0.25) is 0 Å². The number of hydrogen-bond acceptors (Lipinski definition) is 2. The van der Waals surface area contributed by atoms with E-state index < -0.39 is 6.04 Å². The number of hydrogen-bond donors (Lipinski definition) is 2. The molecule has 0 aromatic heterocycles. The molecule has 1 aromatic rings. The third-order valence-electron chi connectivity index (χ3n) is 2.91. The van der Waals surface area contributed by atoms with Crippen molar-refractivity contribution in [2.24, 2.45) is 5.73 Å². The summed E-state index contributed by atoms with van der Waals surface area (Å²) in [4.78, 5) is 11.9. The van der Waals surface area contributed by atoms with E-state index in [0.29, 0.717) is 0 Å². The van der Waals surface area contributed by atoms with Gasteiger partial charge in [-0.2, -0.15) is 0 Å². The number of aryl methyl sites for hydroxylation is 2. The zero-order valence-corrected chi connectivity index (χ0v) is 12.8.